The lowest BCUT2D eigenvalue weighted by Gasteiger charge is -2.17. The number of pyridine rings is 1. The van der Waals surface area contributed by atoms with Crippen LogP contribution in [0.1, 0.15) is 34.6 Å². The van der Waals surface area contributed by atoms with Crippen molar-refractivity contribution >= 4 is 23.3 Å². The van der Waals surface area contributed by atoms with Gasteiger partial charge in [0, 0.05) is 28.8 Å². The minimum atomic E-state index is -3.70. The fraction of sp³-hybridized carbons (Fsp3) is 0.368. The molecule has 0 saturated heterocycles. The van der Waals surface area contributed by atoms with E-state index in [1.165, 1.54) is 18.3 Å². The quantitative estimate of drug-likeness (QED) is 0.701. The summed E-state index contributed by atoms with van der Waals surface area (Å²) in [6, 6.07) is 5.91. The number of nitrogens with one attached hydrogen (secondary N) is 1. The second-order valence-corrected chi connectivity index (χ2v) is 6.99. The van der Waals surface area contributed by atoms with Gasteiger partial charge in [0.2, 0.25) is 5.91 Å². The Balaban J connectivity index is 0.00000126. The number of rotatable bonds is 2. The average molecular weight is 399 g/mol. The number of halogens is 3. The van der Waals surface area contributed by atoms with Crippen LogP contribution in [0.3, 0.4) is 0 Å². The molecular weight excluding hydrogens is 378 g/mol. The van der Waals surface area contributed by atoms with Crippen molar-refractivity contribution in [1.82, 2.24) is 4.98 Å². The molecule has 0 radical (unpaired) electrons. The predicted octanol–water partition coefficient (Wildman–Crippen LogP) is 5.73. The van der Waals surface area contributed by atoms with Crippen LogP contribution >= 0.6 is 11.6 Å². The molecule has 1 aromatic heterocycles. The Morgan fingerprint density at radius 2 is 1.74 bits per heavy atom. The zero-order chi connectivity index (χ0) is 20.4. The highest BCUT2D eigenvalue weighted by Crippen LogP contribution is 2.45. The lowest BCUT2D eigenvalue weighted by molar-refractivity contribution is -0.286. The zero-order valence-electron chi connectivity index (χ0n) is 15.7. The highest BCUT2D eigenvalue weighted by molar-refractivity contribution is 6.33. The Bertz CT molecular complexity index is 834. The number of hydrogen-bond acceptors (Lipinski definition) is 4. The summed E-state index contributed by atoms with van der Waals surface area (Å²) in [5.74, 6) is -0.0153. The third-order valence-electron chi connectivity index (χ3n) is 3.49. The van der Waals surface area contributed by atoms with Crippen molar-refractivity contribution in [1.29, 1.82) is 0 Å². The van der Waals surface area contributed by atoms with Crippen molar-refractivity contribution in [2.75, 3.05) is 5.32 Å². The van der Waals surface area contributed by atoms with Gasteiger partial charge in [-0.3, -0.25) is 4.79 Å². The Labute approximate surface area is 161 Å². The fourth-order valence-electron chi connectivity index (χ4n) is 2.12. The highest BCUT2D eigenvalue weighted by Gasteiger charge is 2.43. The first-order valence-electron chi connectivity index (χ1n) is 8.42. The van der Waals surface area contributed by atoms with Gasteiger partial charge >= 0.3 is 6.29 Å². The molecule has 0 bridgehead atoms. The largest absolute Gasteiger partial charge is 0.586 e. The van der Waals surface area contributed by atoms with Crippen LogP contribution in [0.2, 0.25) is 5.02 Å². The van der Waals surface area contributed by atoms with Crippen molar-refractivity contribution in [2.45, 2.75) is 40.9 Å². The molecule has 8 heteroatoms. The van der Waals surface area contributed by atoms with Gasteiger partial charge < -0.3 is 14.8 Å². The van der Waals surface area contributed by atoms with Gasteiger partial charge in [-0.25, -0.2) is 4.98 Å². The summed E-state index contributed by atoms with van der Waals surface area (Å²) >= 11 is 6.14. The first kappa shape index (κ1) is 20.9. The number of alkyl halides is 2. The van der Waals surface area contributed by atoms with Crippen LogP contribution in [0, 0.1) is 5.41 Å². The number of anilines is 1. The number of carbonyl (C=O) groups is 1. The Hall–Kier alpha value is -2.41. The van der Waals surface area contributed by atoms with Gasteiger partial charge in [-0.15, -0.1) is 8.78 Å². The van der Waals surface area contributed by atoms with Crippen LogP contribution < -0.4 is 14.8 Å². The molecule has 2 heterocycles. The molecule has 0 aliphatic carbocycles. The van der Waals surface area contributed by atoms with Crippen LogP contribution in [0.5, 0.6) is 11.5 Å². The predicted molar refractivity (Wildman–Crippen MR) is 100 cm³/mol. The molecule has 0 unspecified atom stereocenters. The normalized spacial score (nSPS) is 14.2. The molecule has 1 N–H and O–H groups in total. The van der Waals surface area contributed by atoms with Gasteiger partial charge in [0.1, 0.15) is 5.82 Å². The second kappa shape index (κ2) is 7.68. The van der Waals surface area contributed by atoms with E-state index in [1.807, 2.05) is 13.8 Å². The zero-order valence-corrected chi connectivity index (χ0v) is 16.4. The number of carbonyl (C=O) groups excluding carboxylic acids is 1. The summed E-state index contributed by atoms with van der Waals surface area (Å²) in [4.78, 5) is 16.1. The van der Waals surface area contributed by atoms with E-state index in [0.29, 0.717) is 16.9 Å². The van der Waals surface area contributed by atoms with Gasteiger partial charge in [0.05, 0.1) is 5.02 Å². The number of nitrogens with zero attached hydrogens (tertiary/aromatic N) is 1. The molecule has 1 aromatic carbocycles. The van der Waals surface area contributed by atoms with Gasteiger partial charge in [-0.1, -0.05) is 46.2 Å². The van der Waals surface area contributed by atoms with Crippen molar-refractivity contribution in [3.8, 4) is 22.6 Å². The minimum absolute atomic E-state index is 0.102. The summed E-state index contributed by atoms with van der Waals surface area (Å²) < 4.78 is 35.1. The summed E-state index contributed by atoms with van der Waals surface area (Å²) in [5.41, 5.74) is 0.495. The Morgan fingerprint density at radius 3 is 2.26 bits per heavy atom. The summed E-state index contributed by atoms with van der Waals surface area (Å²) in [6.07, 6.45) is -2.22. The van der Waals surface area contributed by atoms with Gasteiger partial charge in [0.25, 0.3) is 0 Å². The SMILES string of the molecule is CC.CC(C)(C)C(=O)Nc1ccc(-c2cc3c(cc2Cl)OC(F)(F)O3)cn1. The van der Waals surface area contributed by atoms with E-state index in [4.69, 9.17) is 11.6 Å². The number of aromatic nitrogens is 1. The van der Waals surface area contributed by atoms with Crippen molar-refractivity contribution < 1.29 is 23.0 Å². The third-order valence-corrected chi connectivity index (χ3v) is 3.80. The molecule has 27 heavy (non-hydrogen) atoms. The van der Waals surface area contributed by atoms with Crippen LogP contribution in [0.15, 0.2) is 30.5 Å². The summed E-state index contributed by atoms with van der Waals surface area (Å²) in [5, 5.41) is 2.92. The lowest BCUT2D eigenvalue weighted by Crippen LogP contribution is -2.27. The highest BCUT2D eigenvalue weighted by atomic mass is 35.5. The van der Waals surface area contributed by atoms with E-state index in [9.17, 15) is 13.6 Å². The van der Waals surface area contributed by atoms with Crippen LogP contribution in [0.4, 0.5) is 14.6 Å². The molecule has 0 atom stereocenters. The fourth-order valence-corrected chi connectivity index (χ4v) is 2.39. The first-order chi connectivity index (χ1) is 12.5. The molecule has 3 rings (SSSR count). The summed E-state index contributed by atoms with van der Waals surface area (Å²) in [6.45, 7) is 9.37. The third kappa shape index (κ3) is 4.86. The topological polar surface area (TPSA) is 60.5 Å². The molecule has 0 fully saturated rings. The standard InChI is InChI=1S/C17H15ClF2N2O3.C2H6/c1-16(2,3)15(23)22-14-5-4-9(8-21-14)10-6-12-13(7-11(10)18)25-17(19,20)24-12;1-2/h4-8H,1-3H3,(H,21,22,23);1-2H3. The van der Waals surface area contributed by atoms with E-state index >= 15 is 0 Å². The maximum absolute atomic E-state index is 13.1. The van der Waals surface area contributed by atoms with Crippen LogP contribution in [-0.4, -0.2) is 17.2 Å². The monoisotopic (exact) mass is 398 g/mol. The van der Waals surface area contributed by atoms with Crippen molar-refractivity contribution in [2.24, 2.45) is 5.41 Å². The number of benzene rings is 1. The number of ether oxygens (including phenoxy) is 2. The smallest absolute Gasteiger partial charge is 0.395 e. The maximum atomic E-state index is 13.1. The minimum Gasteiger partial charge on any atom is -0.395 e. The van der Waals surface area contributed by atoms with E-state index < -0.39 is 11.7 Å². The van der Waals surface area contributed by atoms with Gasteiger partial charge in [0.15, 0.2) is 11.5 Å². The molecule has 146 valence electrons. The van der Waals surface area contributed by atoms with Gasteiger partial charge in [-0.2, -0.15) is 0 Å². The molecule has 0 spiro atoms. The van der Waals surface area contributed by atoms with Crippen LogP contribution in [-0.2, 0) is 4.79 Å². The Morgan fingerprint density at radius 1 is 1.15 bits per heavy atom. The van der Waals surface area contributed by atoms with E-state index in [2.05, 4.69) is 19.8 Å². The van der Waals surface area contributed by atoms with E-state index in [1.54, 1.807) is 32.9 Å². The molecular formula is C19H21ClF2N2O3. The number of amides is 1. The van der Waals surface area contributed by atoms with Gasteiger partial charge in [-0.05, 0) is 18.2 Å². The average Bonchev–Trinajstić information content (AvgIpc) is 2.88. The van der Waals surface area contributed by atoms with E-state index in [-0.39, 0.29) is 22.4 Å². The lowest BCUT2D eigenvalue weighted by atomic mass is 9.96. The van der Waals surface area contributed by atoms with E-state index in [0.717, 1.165) is 0 Å². The number of fused-ring (bicyclic) bond motifs is 1. The second-order valence-electron chi connectivity index (χ2n) is 6.58. The van der Waals surface area contributed by atoms with Crippen LogP contribution in [0.25, 0.3) is 11.1 Å². The Kier molecular flexibility index (Phi) is 5.94. The molecule has 2 aromatic rings. The molecule has 1 aliphatic heterocycles. The summed E-state index contributed by atoms with van der Waals surface area (Å²) in [7, 11) is 0. The molecule has 1 amide bonds. The first-order valence-corrected chi connectivity index (χ1v) is 8.80. The van der Waals surface area contributed by atoms with Crippen molar-refractivity contribution in [3.05, 3.63) is 35.5 Å². The molecule has 0 saturated carbocycles. The molecule has 5 nitrogen and oxygen atoms in total. The van der Waals surface area contributed by atoms with Crippen molar-refractivity contribution in [3.63, 3.8) is 0 Å². The number of hydrogen-bond donors (Lipinski definition) is 1. The molecule has 1 aliphatic rings. The maximum Gasteiger partial charge on any atom is 0.586 e.